The molecule has 1 radical (unpaired) electrons. The number of hydrogen-bond acceptors (Lipinski definition) is 3. The zero-order valence-electron chi connectivity index (χ0n) is 30.7. The van der Waals surface area contributed by atoms with Gasteiger partial charge in [0.05, 0.1) is 11.4 Å². The molecule has 0 atom stereocenters. The molecule has 0 aliphatic carbocycles. The van der Waals surface area contributed by atoms with Gasteiger partial charge in [-0.3, -0.25) is 0 Å². The molecule has 0 fully saturated rings. The van der Waals surface area contributed by atoms with E-state index in [0.717, 1.165) is 34.1 Å². The van der Waals surface area contributed by atoms with E-state index in [1.807, 2.05) is 24.3 Å². The Morgan fingerprint density at radius 2 is 0.962 bits per heavy atom. The van der Waals surface area contributed by atoms with Crippen LogP contribution >= 0.6 is 0 Å². The average molecular weight is 688 g/mol. The summed E-state index contributed by atoms with van der Waals surface area (Å²) in [7, 11) is 0. The Morgan fingerprint density at radius 3 is 1.51 bits per heavy atom. The van der Waals surface area contributed by atoms with E-state index in [0.29, 0.717) is 11.8 Å². The lowest BCUT2D eigenvalue weighted by Crippen LogP contribution is -2.46. The summed E-state index contributed by atoms with van der Waals surface area (Å²) in [6.45, 7) is 9.30. The molecule has 0 unspecified atom stereocenters. The molecule has 0 spiro atoms. The highest BCUT2D eigenvalue weighted by molar-refractivity contribution is 5.87. The van der Waals surface area contributed by atoms with Crippen LogP contribution in [0.3, 0.4) is 0 Å². The zero-order valence-corrected chi connectivity index (χ0v) is 30.7. The summed E-state index contributed by atoms with van der Waals surface area (Å²) in [6, 6.07) is 65.1. The molecule has 0 aromatic heterocycles. The fraction of sp³-hybridized carbons (Fsp3) is 0.140. The van der Waals surface area contributed by atoms with Gasteiger partial charge in [-0.25, -0.2) is 0 Å². The minimum Gasteiger partial charge on any atom is -0.453 e. The molecule has 259 valence electrons. The second-order valence-electron chi connectivity index (χ2n) is 14.7. The summed E-state index contributed by atoms with van der Waals surface area (Å²) in [6.07, 6.45) is 0. The average Bonchev–Trinajstić information content (AvgIpc) is 3.52. The van der Waals surface area contributed by atoms with Crippen molar-refractivity contribution in [2.75, 3.05) is 9.80 Å². The summed E-state index contributed by atoms with van der Waals surface area (Å²) in [5.41, 5.74) is 12.6. The van der Waals surface area contributed by atoms with Gasteiger partial charge in [0.1, 0.15) is 11.6 Å². The first kappa shape index (κ1) is 32.8. The fourth-order valence-corrected chi connectivity index (χ4v) is 8.59. The van der Waals surface area contributed by atoms with Crippen LogP contribution in [0.25, 0.3) is 0 Å². The predicted molar refractivity (Wildman–Crippen MR) is 219 cm³/mol. The molecule has 3 heteroatoms. The maximum absolute atomic E-state index is 6.35. The molecule has 2 aliphatic heterocycles. The third kappa shape index (κ3) is 5.17. The molecule has 0 N–H and O–H groups in total. The highest BCUT2D eigenvalue weighted by Gasteiger charge is 2.54. The number of para-hydroxylation sites is 5. The van der Waals surface area contributed by atoms with Crippen LogP contribution in [-0.4, -0.2) is 0 Å². The third-order valence-electron chi connectivity index (χ3n) is 10.9. The van der Waals surface area contributed by atoms with E-state index in [2.05, 4.69) is 189 Å². The maximum atomic E-state index is 6.35. The molecule has 2 aliphatic rings. The number of benzene rings is 7. The van der Waals surface area contributed by atoms with Crippen molar-refractivity contribution < 1.29 is 4.74 Å². The number of anilines is 4. The molecule has 3 nitrogen and oxygen atoms in total. The SMILES string of the molecule is CC(C)c1cccc(C(C)C)c1N1[C](c2ccc(N3c4ccccc4Oc4ccccc43)cc2)c2ccccc2C1(c1ccccc1)c1ccccc1. The third-order valence-corrected chi connectivity index (χ3v) is 10.9. The van der Waals surface area contributed by atoms with Crippen LogP contribution in [0.15, 0.2) is 176 Å². The van der Waals surface area contributed by atoms with Gasteiger partial charge in [-0.15, -0.1) is 0 Å². The molecule has 0 bridgehead atoms. The van der Waals surface area contributed by atoms with Gasteiger partial charge in [-0.05, 0) is 87.2 Å². The van der Waals surface area contributed by atoms with E-state index in [1.54, 1.807) is 0 Å². The molecule has 9 rings (SSSR count). The summed E-state index contributed by atoms with van der Waals surface area (Å²) in [4.78, 5) is 5.02. The topological polar surface area (TPSA) is 15.7 Å². The van der Waals surface area contributed by atoms with Gasteiger partial charge in [-0.1, -0.05) is 167 Å². The van der Waals surface area contributed by atoms with Crippen molar-refractivity contribution in [1.82, 2.24) is 0 Å². The van der Waals surface area contributed by atoms with Gasteiger partial charge in [-0.2, -0.15) is 0 Å². The highest BCUT2D eigenvalue weighted by Crippen LogP contribution is 2.59. The Labute approximate surface area is 313 Å². The van der Waals surface area contributed by atoms with Gasteiger partial charge in [0.2, 0.25) is 0 Å². The van der Waals surface area contributed by atoms with Crippen LogP contribution in [0.2, 0.25) is 0 Å². The van der Waals surface area contributed by atoms with Gasteiger partial charge in [0.25, 0.3) is 0 Å². The van der Waals surface area contributed by atoms with Crippen molar-refractivity contribution in [2.45, 2.75) is 45.1 Å². The maximum Gasteiger partial charge on any atom is 0.151 e. The van der Waals surface area contributed by atoms with E-state index < -0.39 is 5.54 Å². The Bertz CT molecular complexity index is 2290. The van der Waals surface area contributed by atoms with E-state index in [-0.39, 0.29) is 0 Å². The molecule has 7 aromatic carbocycles. The van der Waals surface area contributed by atoms with Crippen molar-refractivity contribution in [3.63, 3.8) is 0 Å². The van der Waals surface area contributed by atoms with E-state index in [1.165, 1.54) is 45.1 Å². The highest BCUT2D eigenvalue weighted by atomic mass is 16.5. The Morgan fingerprint density at radius 1 is 0.472 bits per heavy atom. The number of ether oxygens (including phenoxy) is 1. The second-order valence-corrected chi connectivity index (χ2v) is 14.7. The van der Waals surface area contributed by atoms with Crippen LogP contribution in [0, 0.1) is 6.04 Å². The summed E-state index contributed by atoms with van der Waals surface area (Å²) in [5.74, 6) is 2.31. The first-order valence-corrected chi connectivity index (χ1v) is 18.8. The first-order chi connectivity index (χ1) is 26.0. The van der Waals surface area contributed by atoms with Gasteiger partial charge in [0.15, 0.2) is 11.5 Å². The molecule has 7 aromatic rings. The predicted octanol–water partition coefficient (Wildman–Crippen LogP) is 13.2. The van der Waals surface area contributed by atoms with Crippen LogP contribution in [0.4, 0.5) is 22.7 Å². The monoisotopic (exact) mass is 687 g/mol. The molecule has 0 amide bonds. The van der Waals surface area contributed by atoms with Gasteiger partial charge in [0, 0.05) is 11.4 Å². The standard InChI is InChI=1S/C50H43N2O/c1-34(2)40-23-17-24-41(35(3)4)49(40)52-48(42-22-11-12-25-43(42)50(52,37-18-7-5-8-19-37)38-20-9-6-10-21-38)36-30-32-39(33-31-36)51-44-26-13-15-28-46(44)53-47-29-16-14-27-45(47)51/h5-35H,1-4H3. The number of rotatable bonds is 7. The summed E-state index contributed by atoms with van der Waals surface area (Å²) >= 11 is 0. The van der Waals surface area contributed by atoms with Gasteiger partial charge < -0.3 is 14.5 Å². The van der Waals surface area contributed by atoms with Crippen molar-refractivity contribution in [3.8, 4) is 11.5 Å². The molecule has 0 saturated carbocycles. The minimum absolute atomic E-state index is 0.307. The molecule has 2 heterocycles. The van der Waals surface area contributed by atoms with Crippen molar-refractivity contribution in [1.29, 1.82) is 0 Å². The van der Waals surface area contributed by atoms with Crippen LogP contribution in [0.5, 0.6) is 11.5 Å². The van der Waals surface area contributed by atoms with Crippen molar-refractivity contribution in [2.24, 2.45) is 0 Å². The molecule has 53 heavy (non-hydrogen) atoms. The summed E-state index contributed by atoms with van der Waals surface area (Å²) in [5, 5.41) is 0. The lowest BCUT2D eigenvalue weighted by Gasteiger charge is -2.46. The molecular formula is C50H43N2O. The quantitative estimate of drug-likeness (QED) is 0.166. The molecular weight excluding hydrogens is 645 g/mol. The summed E-state index contributed by atoms with van der Waals surface area (Å²) < 4.78 is 6.35. The first-order valence-electron chi connectivity index (χ1n) is 18.8. The van der Waals surface area contributed by atoms with Gasteiger partial charge >= 0.3 is 0 Å². The molecule has 0 saturated heterocycles. The minimum atomic E-state index is -0.635. The normalized spacial score (nSPS) is 14.5. The number of fused-ring (bicyclic) bond motifs is 3. The lowest BCUT2D eigenvalue weighted by molar-refractivity contribution is 0.477. The van der Waals surface area contributed by atoms with E-state index in [4.69, 9.17) is 4.74 Å². The number of nitrogens with zero attached hydrogens (tertiary/aromatic N) is 2. The lowest BCUT2D eigenvalue weighted by atomic mass is 9.76. The van der Waals surface area contributed by atoms with Crippen LogP contribution < -0.4 is 14.5 Å². The van der Waals surface area contributed by atoms with E-state index >= 15 is 0 Å². The Kier molecular flexibility index (Phi) is 8.15. The largest absolute Gasteiger partial charge is 0.453 e. The second kappa shape index (κ2) is 13.2. The zero-order chi connectivity index (χ0) is 36.1. The van der Waals surface area contributed by atoms with Crippen molar-refractivity contribution in [3.05, 3.63) is 221 Å². The number of hydrogen-bond donors (Lipinski definition) is 0. The van der Waals surface area contributed by atoms with E-state index in [9.17, 15) is 0 Å². The van der Waals surface area contributed by atoms with Crippen LogP contribution in [-0.2, 0) is 5.54 Å². The van der Waals surface area contributed by atoms with Crippen LogP contribution in [0.1, 0.15) is 78.5 Å². The Hall–Kier alpha value is -6.06. The fourth-order valence-electron chi connectivity index (χ4n) is 8.59. The Balaban J connectivity index is 1.32. The smallest absolute Gasteiger partial charge is 0.151 e. The van der Waals surface area contributed by atoms with Crippen molar-refractivity contribution >= 4 is 22.7 Å².